The molecule has 0 saturated carbocycles. The van der Waals surface area contributed by atoms with Crippen LogP contribution in [0.25, 0.3) is 5.69 Å². The number of benzene rings is 2. The number of ether oxygens (including phenoxy) is 1. The maximum Gasteiger partial charge on any atom is 0.305 e. The average Bonchev–Trinajstić information content (AvgIpc) is 3.11. The van der Waals surface area contributed by atoms with Gasteiger partial charge in [0, 0.05) is 29.2 Å². The first-order valence-electron chi connectivity index (χ1n) is 11.1. The van der Waals surface area contributed by atoms with Gasteiger partial charge in [-0.15, -0.1) is 0 Å². The Morgan fingerprint density at radius 3 is 2.41 bits per heavy atom. The number of aryl methyl sites for hydroxylation is 1. The number of hydrogen-bond donors (Lipinski definition) is 1. The van der Waals surface area contributed by atoms with Gasteiger partial charge in [0.2, 0.25) is 0 Å². The summed E-state index contributed by atoms with van der Waals surface area (Å²) < 4.78 is 6.58. The molecule has 3 aromatic rings. The molecule has 0 bridgehead atoms. The fourth-order valence-corrected chi connectivity index (χ4v) is 4.24. The zero-order valence-corrected chi connectivity index (χ0v) is 21.0. The van der Waals surface area contributed by atoms with Crippen LogP contribution in [0, 0.1) is 13.8 Å². The normalized spacial score (nSPS) is 12.0. The van der Waals surface area contributed by atoms with Crippen LogP contribution in [0.1, 0.15) is 45.3 Å². The van der Waals surface area contributed by atoms with E-state index in [9.17, 15) is 9.59 Å². The van der Waals surface area contributed by atoms with Gasteiger partial charge in [0.1, 0.15) is 0 Å². The van der Waals surface area contributed by atoms with E-state index in [2.05, 4.69) is 10.4 Å². The fourth-order valence-electron chi connectivity index (χ4n) is 3.98. The second-order valence-electron chi connectivity index (χ2n) is 8.40. The van der Waals surface area contributed by atoms with Crippen LogP contribution >= 0.6 is 11.6 Å². The number of rotatable bonds is 9. The first-order chi connectivity index (χ1) is 16.2. The number of amides is 1. The third kappa shape index (κ3) is 5.85. The fraction of sp³-hybridized carbons (Fsp3) is 0.346. The van der Waals surface area contributed by atoms with Gasteiger partial charge >= 0.3 is 5.97 Å². The van der Waals surface area contributed by atoms with E-state index in [1.165, 1.54) is 7.11 Å². The molecule has 7 nitrogen and oxygen atoms in total. The van der Waals surface area contributed by atoms with Gasteiger partial charge in [-0.3, -0.25) is 9.59 Å². The standard InChI is InChI=1S/C26H31ClN4O3/c1-17-21(14-15-25(32)34-5)18(2)31(29-17)20-12-10-19(11-13-20)26(33)28-16-24(30(3)4)22-8-6-7-9-23(22)27/h6-13,24H,14-16H2,1-5H3,(H,28,33). The first kappa shape index (κ1) is 25.5. The Bertz CT molecular complexity index is 1160. The number of aromatic nitrogens is 2. The van der Waals surface area contributed by atoms with Crippen LogP contribution in [-0.4, -0.2) is 54.3 Å². The molecule has 1 atom stereocenters. The van der Waals surface area contributed by atoms with E-state index in [-0.39, 0.29) is 17.9 Å². The number of carbonyl (C=O) groups excluding carboxylic acids is 2. The Hall–Kier alpha value is -3.16. The second kappa shape index (κ2) is 11.3. The van der Waals surface area contributed by atoms with Crippen LogP contribution in [0.15, 0.2) is 48.5 Å². The summed E-state index contributed by atoms with van der Waals surface area (Å²) in [5.41, 5.74) is 5.25. The zero-order chi connectivity index (χ0) is 24.8. The number of likely N-dealkylation sites (N-methyl/N-ethyl adjacent to an activating group) is 1. The molecule has 0 aliphatic carbocycles. The largest absolute Gasteiger partial charge is 0.469 e. The molecule has 0 radical (unpaired) electrons. The van der Waals surface area contributed by atoms with Gasteiger partial charge in [0.05, 0.1) is 24.5 Å². The molecular weight excluding hydrogens is 452 g/mol. The van der Waals surface area contributed by atoms with Crippen molar-refractivity contribution in [2.45, 2.75) is 32.7 Å². The van der Waals surface area contributed by atoms with Crippen molar-refractivity contribution in [1.29, 1.82) is 0 Å². The molecule has 34 heavy (non-hydrogen) atoms. The molecule has 0 aliphatic heterocycles. The van der Waals surface area contributed by atoms with Crippen molar-refractivity contribution >= 4 is 23.5 Å². The van der Waals surface area contributed by atoms with E-state index >= 15 is 0 Å². The minimum absolute atomic E-state index is 0.0463. The molecule has 2 aromatic carbocycles. The molecule has 0 fully saturated rings. The minimum atomic E-state index is -0.243. The van der Waals surface area contributed by atoms with Crippen molar-refractivity contribution in [2.75, 3.05) is 27.7 Å². The van der Waals surface area contributed by atoms with Gasteiger partial charge in [-0.05, 0) is 75.8 Å². The molecule has 0 aliphatic rings. The number of nitrogens with one attached hydrogen (secondary N) is 1. The second-order valence-corrected chi connectivity index (χ2v) is 8.80. The van der Waals surface area contributed by atoms with Gasteiger partial charge < -0.3 is 15.0 Å². The summed E-state index contributed by atoms with van der Waals surface area (Å²) in [6.07, 6.45) is 0.883. The van der Waals surface area contributed by atoms with E-state index in [1.807, 2.05) is 73.9 Å². The molecule has 1 unspecified atom stereocenters. The van der Waals surface area contributed by atoms with Crippen LogP contribution in [0.3, 0.4) is 0 Å². The van der Waals surface area contributed by atoms with E-state index in [4.69, 9.17) is 16.3 Å². The van der Waals surface area contributed by atoms with Crippen molar-refractivity contribution in [3.63, 3.8) is 0 Å². The Kier molecular flexibility index (Phi) is 8.47. The lowest BCUT2D eigenvalue weighted by Crippen LogP contribution is -2.34. The number of halogens is 1. The van der Waals surface area contributed by atoms with E-state index in [1.54, 1.807) is 12.1 Å². The van der Waals surface area contributed by atoms with Gasteiger partial charge in [-0.2, -0.15) is 5.10 Å². The Balaban J connectivity index is 1.70. The van der Waals surface area contributed by atoms with Crippen molar-refractivity contribution in [1.82, 2.24) is 20.0 Å². The molecule has 1 amide bonds. The molecule has 3 rings (SSSR count). The quantitative estimate of drug-likeness (QED) is 0.461. The summed E-state index contributed by atoms with van der Waals surface area (Å²) in [5.74, 6) is -0.398. The monoisotopic (exact) mass is 482 g/mol. The number of nitrogens with zero attached hydrogens (tertiary/aromatic N) is 3. The SMILES string of the molecule is COC(=O)CCc1c(C)nn(-c2ccc(C(=O)NCC(c3ccccc3Cl)N(C)C)cc2)c1C. The number of methoxy groups -OCH3 is 1. The van der Waals surface area contributed by atoms with Gasteiger partial charge in [-0.1, -0.05) is 29.8 Å². The van der Waals surface area contributed by atoms with Gasteiger partial charge in [-0.25, -0.2) is 4.68 Å². The Morgan fingerprint density at radius 1 is 1.12 bits per heavy atom. The highest BCUT2D eigenvalue weighted by molar-refractivity contribution is 6.31. The minimum Gasteiger partial charge on any atom is -0.469 e. The molecule has 0 saturated heterocycles. The maximum atomic E-state index is 12.8. The van der Waals surface area contributed by atoms with Gasteiger partial charge in [0.25, 0.3) is 5.91 Å². The van der Waals surface area contributed by atoms with E-state index in [0.717, 1.165) is 28.2 Å². The van der Waals surface area contributed by atoms with Crippen molar-refractivity contribution in [3.8, 4) is 5.69 Å². The maximum absolute atomic E-state index is 12.8. The Labute approximate surface area is 205 Å². The average molecular weight is 483 g/mol. The number of esters is 1. The lowest BCUT2D eigenvalue weighted by molar-refractivity contribution is -0.140. The smallest absolute Gasteiger partial charge is 0.305 e. The van der Waals surface area contributed by atoms with Crippen molar-refractivity contribution in [3.05, 3.63) is 81.6 Å². The lowest BCUT2D eigenvalue weighted by atomic mass is 10.1. The van der Waals surface area contributed by atoms with Crippen LogP contribution < -0.4 is 5.32 Å². The highest BCUT2D eigenvalue weighted by Crippen LogP contribution is 2.25. The van der Waals surface area contributed by atoms with Crippen LogP contribution in [-0.2, 0) is 16.0 Å². The van der Waals surface area contributed by atoms with Crippen LogP contribution in [0.4, 0.5) is 0 Å². The molecule has 180 valence electrons. The predicted octanol–water partition coefficient (Wildman–Crippen LogP) is 4.28. The zero-order valence-electron chi connectivity index (χ0n) is 20.3. The Morgan fingerprint density at radius 2 is 1.79 bits per heavy atom. The molecule has 1 heterocycles. The lowest BCUT2D eigenvalue weighted by Gasteiger charge is -2.26. The summed E-state index contributed by atoms with van der Waals surface area (Å²) in [5, 5.41) is 8.32. The van der Waals surface area contributed by atoms with E-state index in [0.29, 0.717) is 30.0 Å². The molecular formula is C26H31ClN4O3. The van der Waals surface area contributed by atoms with Crippen LogP contribution in [0.2, 0.25) is 5.02 Å². The molecule has 8 heteroatoms. The summed E-state index contributed by atoms with van der Waals surface area (Å²) in [7, 11) is 5.31. The molecule has 0 spiro atoms. The highest BCUT2D eigenvalue weighted by Gasteiger charge is 2.19. The topological polar surface area (TPSA) is 76.5 Å². The predicted molar refractivity (Wildman–Crippen MR) is 134 cm³/mol. The first-order valence-corrected chi connectivity index (χ1v) is 11.5. The van der Waals surface area contributed by atoms with E-state index < -0.39 is 0 Å². The van der Waals surface area contributed by atoms with Crippen LogP contribution in [0.5, 0.6) is 0 Å². The summed E-state index contributed by atoms with van der Waals surface area (Å²) in [4.78, 5) is 26.4. The third-order valence-corrected chi connectivity index (χ3v) is 6.31. The summed E-state index contributed by atoms with van der Waals surface area (Å²) >= 11 is 6.37. The van der Waals surface area contributed by atoms with Crippen molar-refractivity contribution < 1.29 is 14.3 Å². The van der Waals surface area contributed by atoms with Crippen molar-refractivity contribution in [2.24, 2.45) is 0 Å². The van der Waals surface area contributed by atoms with Gasteiger partial charge in [0.15, 0.2) is 0 Å². The highest BCUT2D eigenvalue weighted by atomic mass is 35.5. The third-order valence-electron chi connectivity index (χ3n) is 5.97. The summed E-state index contributed by atoms with van der Waals surface area (Å²) in [6.45, 7) is 4.33. The number of carbonyl (C=O) groups is 2. The molecule has 1 aromatic heterocycles. The molecule has 1 N–H and O–H groups in total. The summed E-state index contributed by atoms with van der Waals surface area (Å²) in [6, 6.07) is 14.9. The number of hydrogen-bond acceptors (Lipinski definition) is 5.